The molecule has 0 saturated heterocycles. The van der Waals surface area contributed by atoms with Gasteiger partial charge < -0.3 is 9.73 Å². The fraction of sp³-hybridized carbons (Fsp3) is 0.167. The molecule has 0 spiro atoms. The molecule has 4 aromatic rings. The van der Waals surface area contributed by atoms with E-state index in [-0.39, 0.29) is 28.0 Å². The summed E-state index contributed by atoms with van der Waals surface area (Å²) in [5.41, 5.74) is 1.68. The van der Waals surface area contributed by atoms with E-state index in [4.69, 9.17) is 4.42 Å². The maximum absolute atomic E-state index is 12.9. The zero-order chi connectivity index (χ0) is 23.8. The SMILES string of the molecule is CC1(C(=O)Nc2cccc(NS(=O)(=O)c3ccc(-c4nnc(-c5ccccn5)o4)cc3)c2)CC1. The zero-order valence-electron chi connectivity index (χ0n) is 18.2. The number of anilines is 2. The molecule has 0 aliphatic heterocycles. The third-order valence-electron chi connectivity index (χ3n) is 5.64. The predicted molar refractivity (Wildman–Crippen MR) is 126 cm³/mol. The van der Waals surface area contributed by atoms with Gasteiger partial charge in [0.05, 0.1) is 10.6 Å². The molecule has 0 unspecified atom stereocenters. The third-order valence-corrected chi connectivity index (χ3v) is 7.04. The Kier molecular flexibility index (Phi) is 5.37. The minimum absolute atomic E-state index is 0.0599. The van der Waals surface area contributed by atoms with Gasteiger partial charge in [-0.15, -0.1) is 10.2 Å². The van der Waals surface area contributed by atoms with Crippen LogP contribution in [-0.2, 0) is 14.8 Å². The Hall–Kier alpha value is -4.05. The van der Waals surface area contributed by atoms with Crippen molar-refractivity contribution in [1.82, 2.24) is 15.2 Å². The molecule has 2 heterocycles. The van der Waals surface area contributed by atoms with E-state index >= 15 is 0 Å². The van der Waals surface area contributed by atoms with Crippen LogP contribution in [0.2, 0.25) is 0 Å². The Labute approximate surface area is 196 Å². The van der Waals surface area contributed by atoms with Crippen molar-refractivity contribution < 1.29 is 17.6 Å². The molecule has 1 saturated carbocycles. The molecule has 2 N–H and O–H groups in total. The molecular weight excluding hydrogens is 454 g/mol. The van der Waals surface area contributed by atoms with Crippen LogP contribution in [0.5, 0.6) is 0 Å². The molecule has 2 aromatic carbocycles. The summed E-state index contributed by atoms with van der Waals surface area (Å²) in [4.78, 5) is 16.5. The van der Waals surface area contributed by atoms with E-state index in [0.717, 1.165) is 12.8 Å². The average Bonchev–Trinajstić information content (AvgIpc) is 3.40. The van der Waals surface area contributed by atoms with E-state index in [1.165, 1.54) is 12.1 Å². The maximum Gasteiger partial charge on any atom is 0.266 e. The number of carbonyl (C=O) groups excluding carboxylic acids is 1. The van der Waals surface area contributed by atoms with Crippen LogP contribution in [-0.4, -0.2) is 29.5 Å². The summed E-state index contributed by atoms with van der Waals surface area (Å²) in [7, 11) is -3.85. The van der Waals surface area contributed by atoms with Crippen LogP contribution in [0.1, 0.15) is 19.8 Å². The summed E-state index contributed by atoms with van der Waals surface area (Å²) in [6.07, 6.45) is 3.34. The molecule has 1 amide bonds. The Bertz CT molecular complexity index is 1450. The van der Waals surface area contributed by atoms with Gasteiger partial charge in [0, 0.05) is 22.9 Å². The van der Waals surface area contributed by atoms with Gasteiger partial charge in [-0.05, 0) is 67.4 Å². The second-order valence-corrected chi connectivity index (χ2v) is 10.0. The summed E-state index contributed by atoms with van der Waals surface area (Å²) in [6, 6.07) is 18.1. The first-order valence-electron chi connectivity index (χ1n) is 10.6. The van der Waals surface area contributed by atoms with E-state index < -0.39 is 10.0 Å². The fourth-order valence-corrected chi connectivity index (χ4v) is 4.33. The quantitative estimate of drug-likeness (QED) is 0.407. The highest BCUT2D eigenvalue weighted by molar-refractivity contribution is 7.92. The number of rotatable bonds is 7. The number of hydrogen-bond donors (Lipinski definition) is 2. The Morgan fingerprint density at radius 1 is 0.941 bits per heavy atom. The summed E-state index contributed by atoms with van der Waals surface area (Å²) in [5.74, 6) is 0.470. The largest absolute Gasteiger partial charge is 0.415 e. The van der Waals surface area contributed by atoms with Crippen molar-refractivity contribution in [2.75, 3.05) is 10.0 Å². The van der Waals surface area contributed by atoms with Crippen LogP contribution in [0, 0.1) is 5.41 Å². The van der Waals surface area contributed by atoms with Crippen molar-refractivity contribution in [3.8, 4) is 23.0 Å². The lowest BCUT2D eigenvalue weighted by atomic mass is 10.1. The number of carbonyl (C=O) groups is 1. The Morgan fingerprint density at radius 3 is 2.38 bits per heavy atom. The molecule has 1 fully saturated rings. The van der Waals surface area contributed by atoms with Crippen LogP contribution < -0.4 is 10.0 Å². The lowest BCUT2D eigenvalue weighted by molar-refractivity contribution is -0.120. The number of aromatic nitrogens is 3. The molecule has 0 bridgehead atoms. The molecule has 0 atom stereocenters. The van der Waals surface area contributed by atoms with Gasteiger partial charge in [-0.2, -0.15) is 0 Å². The van der Waals surface area contributed by atoms with Crippen molar-refractivity contribution >= 4 is 27.3 Å². The molecule has 172 valence electrons. The number of hydrogen-bond acceptors (Lipinski definition) is 7. The van der Waals surface area contributed by atoms with Gasteiger partial charge >= 0.3 is 0 Å². The standard InChI is InChI=1S/C24H21N5O4S/c1-24(12-13-24)23(30)26-17-5-4-6-18(15-17)29-34(31,32)19-10-8-16(9-11-19)21-27-28-22(33-21)20-7-2-3-14-25-20/h2-11,14-15,29H,12-13H2,1H3,(H,26,30). The number of nitrogens with one attached hydrogen (secondary N) is 2. The Balaban J connectivity index is 1.30. The van der Waals surface area contributed by atoms with E-state index in [1.54, 1.807) is 54.7 Å². The first-order chi connectivity index (χ1) is 16.3. The van der Waals surface area contributed by atoms with E-state index in [1.807, 2.05) is 13.0 Å². The predicted octanol–water partition coefficient (Wildman–Crippen LogP) is 4.34. The van der Waals surface area contributed by atoms with E-state index in [9.17, 15) is 13.2 Å². The molecule has 5 rings (SSSR count). The molecule has 9 nitrogen and oxygen atoms in total. The van der Waals surface area contributed by atoms with Crippen molar-refractivity contribution in [3.63, 3.8) is 0 Å². The normalized spacial score (nSPS) is 14.4. The maximum atomic E-state index is 12.9. The number of pyridine rings is 1. The highest BCUT2D eigenvalue weighted by atomic mass is 32.2. The smallest absolute Gasteiger partial charge is 0.266 e. The minimum Gasteiger partial charge on any atom is -0.415 e. The second kappa shape index (κ2) is 8.38. The molecular formula is C24H21N5O4S. The molecule has 1 aliphatic carbocycles. The van der Waals surface area contributed by atoms with Crippen LogP contribution in [0.3, 0.4) is 0 Å². The zero-order valence-corrected chi connectivity index (χ0v) is 19.0. The van der Waals surface area contributed by atoms with Crippen molar-refractivity contribution in [2.45, 2.75) is 24.7 Å². The van der Waals surface area contributed by atoms with Gasteiger partial charge in [0.2, 0.25) is 11.8 Å². The molecule has 34 heavy (non-hydrogen) atoms. The van der Waals surface area contributed by atoms with Crippen LogP contribution >= 0.6 is 0 Å². The van der Waals surface area contributed by atoms with Gasteiger partial charge in [-0.1, -0.05) is 19.1 Å². The van der Waals surface area contributed by atoms with Gasteiger partial charge in [0.15, 0.2) is 0 Å². The molecule has 0 radical (unpaired) electrons. The Morgan fingerprint density at radius 2 is 1.68 bits per heavy atom. The topological polar surface area (TPSA) is 127 Å². The summed E-state index contributed by atoms with van der Waals surface area (Å²) >= 11 is 0. The number of sulfonamides is 1. The van der Waals surface area contributed by atoms with Crippen molar-refractivity contribution in [1.29, 1.82) is 0 Å². The van der Waals surface area contributed by atoms with Crippen LogP contribution in [0.15, 0.2) is 82.2 Å². The molecule has 1 aliphatic rings. The van der Waals surface area contributed by atoms with E-state index in [0.29, 0.717) is 22.6 Å². The monoisotopic (exact) mass is 475 g/mol. The van der Waals surface area contributed by atoms with Gasteiger partial charge in [0.1, 0.15) is 5.69 Å². The van der Waals surface area contributed by atoms with Crippen LogP contribution in [0.25, 0.3) is 23.0 Å². The first-order valence-corrected chi connectivity index (χ1v) is 12.1. The van der Waals surface area contributed by atoms with E-state index in [2.05, 4.69) is 25.2 Å². The second-order valence-electron chi connectivity index (χ2n) is 8.35. The highest BCUT2D eigenvalue weighted by Gasteiger charge is 2.44. The first kappa shape index (κ1) is 21.8. The lowest BCUT2D eigenvalue weighted by Crippen LogP contribution is -2.21. The third kappa shape index (κ3) is 4.53. The fourth-order valence-electron chi connectivity index (χ4n) is 3.28. The van der Waals surface area contributed by atoms with Crippen molar-refractivity contribution in [3.05, 3.63) is 72.9 Å². The van der Waals surface area contributed by atoms with Crippen molar-refractivity contribution in [2.24, 2.45) is 5.41 Å². The average molecular weight is 476 g/mol. The van der Waals surface area contributed by atoms with Gasteiger partial charge in [-0.25, -0.2) is 8.42 Å². The number of benzene rings is 2. The van der Waals surface area contributed by atoms with Crippen LogP contribution in [0.4, 0.5) is 11.4 Å². The summed E-state index contributed by atoms with van der Waals surface area (Å²) in [6.45, 7) is 1.91. The highest BCUT2D eigenvalue weighted by Crippen LogP contribution is 2.45. The summed E-state index contributed by atoms with van der Waals surface area (Å²) in [5, 5.41) is 10.9. The number of nitrogens with zero attached hydrogens (tertiary/aromatic N) is 3. The summed E-state index contributed by atoms with van der Waals surface area (Å²) < 4.78 is 34.0. The molecule has 2 aromatic heterocycles. The lowest BCUT2D eigenvalue weighted by Gasteiger charge is -2.12. The minimum atomic E-state index is -3.85. The molecule has 10 heteroatoms. The number of amides is 1. The van der Waals surface area contributed by atoms with Gasteiger partial charge in [0.25, 0.3) is 15.9 Å². The van der Waals surface area contributed by atoms with Gasteiger partial charge in [-0.3, -0.25) is 14.5 Å².